The van der Waals surface area contributed by atoms with Crippen LogP contribution < -0.4 is 4.74 Å². The van der Waals surface area contributed by atoms with Gasteiger partial charge in [-0.3, -0.25) is 14.5 Å². The Balaban J connectivity index is 1.99. The Hall–Kier alpha value is -3.08. The van der Waals surface area contributed by atoms with E-state index in [4.69, 9.17) is 4.74 Å². The highest BCUT2D eigenvalue weighted by atomic mass is 16.5. The van der Waals surface area contributed by atoms with E-state index in [2.05, 4.69) is 6.92 Å². The maximum Gasteiger partial charge on any atom is 0.277 e. The molecule has 2 aromatic rings. The molecule has 5 heteroatoms. The van der Waals surface area contributed by atoms with Crippen molar-refractivity contribution in [1.82, 2.24) is 9.80 Å². The van der Waals surface area contributed by atoms with Crippen molar-refractivity contribution in [3.63, 3.8) is 0 Å². The van der Waals surface area contributed by atoms with Crippen LogP contribution in [0.5, 0.6) is 5.75 Å². The zero-order chi connectivity index (χ0) is 23.1. The van der Waals surface area contributed by atoms with Gasteiger partial charge in [-0.05, 0) is 50.5 Å². The summed E-state index contributed by atoms with van der Waals surface area (Å²) in [5.41, 5.74) is 2.83. The van der Waals surface area contributed by atoms with Gasteiger partial charge in [-0.15, -0.1) is 0 Å². The number of carbonyl (C=O) groups excluding carboxylic acids is 2. The van der Waals surface area contributed by atoms with Gasteiger partial charge in [-0.1, -0.05) is 62.2 Å². The number of benzene rings is 2. The molecular weight excluding hydrogens is 400 g/mol. The molecule has 2 amide bonds. The van der Waals surface area contributed by atoms with E-state index in [1.807, 2.05) is 80.3 Å². The summed E-state index contributed by atoms with van der Waals surface area (Å²) in [6, 6.07) is 17.5. The Morgan fingerprint density at radius 1 is 0.906 bits per heavy atom. The molecule has 0 radical (unpaired) electrons. The van der Waals surface area contributed by atoms with E-state index in [1.165, 1.54) is 4.90 Å². The fourth-order valence-corrected chi connectivity index (χ4v) is 3.96. The molecular formula is C27H34N2O3. The third-order valence-electron chi connectivity index (χ3n) is 5.56. The van der Waals surface area contributed by atoms with Crippen LogP contribution in [0.25, 0.3) is 5.57 Å². The Bertz CT molecular complexity index is 949. The number of imide groups is 1. The first-order chi connectivity index (χ1) is 15.5. The molecule has 0 saturated heterocycles. The lowest BCUT2D eigenvalue weighted by molar-refractivity contribution is -0.137. The van der Waals surface area contributed by atoms with Crippen molar-refractivity contribution in [2.45, 2.75) is 59.6 Å². The maximum absolute atomic E-state index is 13.5. The van der Waals surface area contributed by atoms with Gasteiger partial charge in [0.15, 0.2) is 0 Å². The van der Waals surface area contributed by atoms with Crippen LogP contribution in [-0.2, 0) is 16.1 Å². The van der Waals surface area contributed by atoms with Crippen LogP contribution in [0.1, 0.15) is 58.1 Å². The van der Waals surface area contributed by atoms with Gasteiger partial charge in [0.2, 0.25) is 0 Å². The summed E-state index contributed by atoms with van der Waals surface area (Å²) in [5, 5.41) is 0. The number of hydrogen-bond donors (Lipinski definition) is 0. The number of carbonyl (C=O) groups is 2. The van der Waals surface area contributed by atoms with Gasteiger partial charge in [-0.25, -0.2) is 0 Å². The molecule has 0 spiro atoms. The Kier molecular flexibility index (Phi) is 8.09. The minimum absolute atomic E-state index is 0.0702. The highest BCUT2D eigenvalue weighted by molar-refractivity contribution is 6.35. The van der Waals surface area contributed by atoms with Crippen LogP contribution in [0.15, 0.2) is 60.3 Å². The molecule has 0 aliphatic carbocycles. The normalized spacial score (nSPS) is 14.0. The fourth-order valence-electron chi connectivity index (χ4n) is 3.96. The molecule has 1 heterocycles. The molecule has 32 heavy (non-hydrogen) atoms. The molecule has 1 aliphatic rings. The van der Waals surface area contributed by atoms with Gasteiger partial charge in [0.1, 0.15) is 11.4 Å². The number of amides is 2. The lowest BCUT2D eigenvalue weighted by Crippen LogP contribution is -2.35. The number of rotatable bonds is 11. The Morgan fingerprint density at radius 2 is 1.59 bits per heavy atom. The Morgan fingerprint density at radius 3 is 2.19 bits per heavy atom. The van der Waals surface area contributed by atoms with E-state index in [9.17, 15) is 9.59 Å². The second-order valence-electron chi connectivity index (χ2n) is 8.38. The van der Waals surface area contributed by atoms with Crippen LogP contribution in [0.4, 0.5) is 0 Å². The number of ether oxygens (including phenoxy) is 1. The number of unbranched alkanes of at least 4 members (excludes halogenated alkanes) is 2. The van der Waals surface area contributed by atoms with Gasteiger partial charge < -0.3 is 9.64 Å². The number of nitrogens with zero attached hydrogens (tertiary/aromatic N) is 2. The molecule has 170 valence electrons. The minimum Gasteiger partial charge on any atom is -0.491 e. The molecule has 5 nitrogen and oxygen atoms in total. The summed E-state index contributed by atoms with van der Waals surface area (Å²) in [5.74, 6) is 0.352. The first-order valence-electron chi connectivity index (χ1n) is 11.6. The molecule has 1 aliphatic heterocycles. The van der Waals surface area contributed by atoms with Crippen molar-refractivity contribution in [2.75, 3.05) is 13.1 Å². The van der Waals surface area contributed by atoms with Crippen molar-refractivity contribution in [1.29, 1.82) is 0 Å². The zero-order valence-electron chi connectivity index (χ0n) is 19.6. The third kappa shape index (κ3) is 5.39. The summed E-state index contributed by atoms with van der Waals surface area (Å²) >= 11 is 0. The lowest BCUT2D eigenvalue weighted by atomic mass is 10.0. The highest BCUT2D eigenvalue weighted by Gasteiger charge is 2.40. The molecule has 0 N–H and O–H groups in total. The Labute approximate surface area is 191 Å². The minimum atomic E-state index is -0.204. The van der Waals surface area contributed by atoms with Crippen molar-refractivity contribution in [3.8, 4) is 5.75 Å². The van der Waals surface area contributed by atoms with Gasteiger partial charge in [0.05, 0.1) is 11.7 Å². The summed E-state index contributed by atoms with van der Waals surface area (Å²) in [6.45, 7) is 9.74. The fraction of sp³-hybridized carbons (Fsp3) is 0.407. The van der Waals surface area contributed by atoms with Gasteiger partial charge in [0, 0.05) is 19.6 Å². The third-order valence-corrected chi connectivity index (χ3v) is 5.56. The molecule has 0 atom stereocenters. The standard InChI is InChI=1S/C27H34N2O3/c1-5-7-11-18-29-26(30)24(22-14-16-23(17-15-22)32-20(3)4)25(27(29)31)28(6-2)19-21-12-9-8-10-13-21/h8-10,12-17,20H,5-7,11,18-19H2,1-4H3. The van der Waals surface area contributed by atoms with Crippen molar-refractivity contribution < 1.29 is 14.3 Å². The van der Waals surface area contributed by atoms with Crippen LogP contribution in [0.2, 0.25) is 0 Å². The molecule has 0 aromatic heterocycles. The highest BCUT2D eigenvalue weighted by Crippen LogP contribution is 2.33. The summed E-state index contributed by atoms with van der Waals surface area (Å²) < 4.78 is 5.75. The van der Waals surface area contributed by atoms with E-state index in [0.29, 0.717) is 30.9 Å². The van der Waals surface area contributed by atoms with Gasteiger partial charge in [-0.2, -0.15) is 0 Å². The van der Waals surface area contributed by atoms with Crippen molar-refractivity contribution in [3.05, 3.63) is 71.4 Å². The van der Waals surface area contributed by atoms with Gasteiger partial charge >= 0.3 is 0 Å². The topological polar surface area (TPSA) is 49.9 Å². The average molecular weight is 435 g/mol. The molecule has 0 unspecified atom stereocenters. The van der Waals surface area contributed by atoms with Crippen LogP contribution >= 0.6 is 0 Å². The number of hydrogen-bond acceptors (Lipinski definition) is 4. The van der Waals surface area contributed by atoms with Crippen molar-refractivity contribution >= 4 is 17.4 Å². The summed E-state index contributed by atoms with van der Waals surface area (Å²) in [6.07, 6.45) is 2.92. The average Bonchev–Trinajstić information content (AvgIpc) is 3.03. The van der Waals surface area contributed by atoms with Gasteiger partial charge in [0.25, 0.3) is 11.8 Å². The van der Waals surface area contributed by atoms with Crippen LogP contribution in [0.3, 0.4) is 0 Å². The summed E-state index contributed by atoms with van der Waals surface area (Å²) in [4.78, 5) is 30.4. The molecule has 3 rings (SSSR count). The molecule has 0 bridgehead atoms. The quantitative estimate of drug-likeness (QED) is 0.357. The lowest BCUT2D eigenvalue weighted by Gasteiger charge is -2.25. The zero-order valence-corrected chi connectivity index (χ0v) is 19.6. The van der Waals surface area contributed by atoms with E-state index >= 15 is 0 Å². The predicted molar refractivity (Wildman–Crippen MR) is 128 cm³/mol. The molecule has 2 aromatic carbocycles. The maximum atomic E-state index is 13.5. The first-order valence-corrected chi connectivity index (χ1v) is 11.6. The second-order valence-corrected chi connectivity index (χ2v) is 8.38. The van der Waals surface area contributed by atoms with Crippen LogP contribution in [0, 0.1) is 0 Å². The second kappa shape index (κ2) is 11.0. The molecule has 0 fully saturated rings. The largest absolute Gasteiger partial charge is 0.491 e. The first kappa shape index (κ1) is 23.6. The SMILES string of the molecule is CCCCCN1C(=O)C(c2ccc(OC(C)C)cc2)=C(N(CC)Cc2ccccc2)C1=O. The summed E-state index contributed by atoms with van der Waals surface area (Å²) in [7, 11) is 0. The molecule has 0 saturated carbocycles. The van der Waals surface area contributed by atoms with E-state index < -0.39 is 0 Å². The van der Waals surface area contributed by atoms with Crippen molar-refractivity contribution in [2.24, 2.45) is 0 Å². The predicted octanol–water partition coefficient (Wildman–Crippen LogP) is 5.27. The number of likely N-dealkylation sites (N-methyl/N-ethyl adjacent to an activating group) is 1. The monoisotopic (exact) mass is 434 g/mol. The van der Waals surface area contributed by atoms with E-state index in [1.54, 1.807) is 0 Å². The van der Waals surface area contributed by atoms with E-state index in [0.717, 1.165) is 36.1 Å². The van der Waals surface area contributed by atoms with Crippen LogP contribution in [-0.4, -0.2) is 40.8 Å². The smallest absolute Gasteiger partial charge is 0.277 e. The van der Waals surface area contributed by atoms with E-state index in [-0.39, 0.29) is 17.9 Å².